The Balaban J connectivity index is 2.58. The molecule has 0 aromatic carbocycles. The second-order valence-electron chi connectivity index (χ2n) is 3.18. The van der Waals surface area contributed by atoms with E-state index in [1.807, 2.05) is 13.8 Å². The Kier molecular flexibility index (Phi) is 3.76. The Labute approximate surface area is 74.9 Å². The van der Waals surface area contributed by atoms with Crippen molar-refractivity contribution >= 4 is 7.29 Å². The van der Waals surface area contributed by atoms with Crippen molar-refractivity contribution in [3.8, 4) is 0 Å². The van der Waals surface area contributed by atoms with Crippen LogP contribution in [0.4, 0.5) is 0 Å². The molecule has 0 saturated carbocycles. The minimum Gasteiger partial charge on any atom is -0.314 e. The van der Waals surface area contributed by atoms with Crippen LogP contribution >= 0.6 is 7.29 Å². The summed E-state index contributed by atoms with van der Waals surface area (Å²) in [5.41, 5.74) is 0. The molecular weight excluding hydrogens is 171 g/mol. The summed E-state index contributed by atoms with van der Waals surface area (Å²) in [6.45, 7) is 7.96. The van der Waals surface area contributed by atoms with E-state index in [0.29, 0.717) is 0 Å². The molecule has 0 aliphatic carbocycles. The summed E-state index contributed by atoms with van der Waals surface area (Å²) >= 11 is 0. The summed E-state index contributed by atoms with van der Waals surface area (Å²) in [5.74, 6) is 0. The van der Waals surface area contributed by atoms with E-state index in [0.717, 1.165) is 38.5 Å². The van der Waals surface area contributed by atoms with Gasteiger partial charge < -0.3 is 9.88 Å². The SMILES string of the molecule is CCP(=O)(CC)N1CCNCC1. The molecule has 0 atom stereocenters. The average molecular weight is 190 g/mol. The van der Waals surface area contributed by atoms with Crippen LogP contribution < -0.4 is 5.32 Å². The molecule has 1 aliphatic rings. The molecule has 0 spiro atoms. The molecule has 0 amide bonds. The number of nitrogens with one attached hydrogen (secondary N) is 1. The van der Waals surface area contributed by atoms with Gasteiger partial charge in [0.05, 0.1) is 0 Å². The van der Waals surface area contributed by atoms with E-state index < -0.39 is 7.29 Å². The second kappa shape index (κ2) is 4.40. The molecule has 72 valence electrons. The number of piperazine rings is 1. The molecule has 0 aromatic heterocycles. The van der Waals surface area contributed by atoms with Crippen LogP contribution in [0.1, 0.15) is 13.8 Å². The lowest BCUT2D eigenvalue weighted by Gasteiger charge is -2.33. The monoisotopic (exact) mass is 190 g/mol. The first-order chi connectivity index (χ1) is 5.73. The minimum atomic E-state index is -1.96. The molecular formula is C8H19N2OP. The van der Waals surface area contributed by atoms with Crippen molar-refractivity contribution in [1.29, 1.82) is 0 Å². The third-order valence-corrected chi connectivity index (χ3v) is 6.00. The standard InChI is InChI=1S/C8H19N2OP/c1-3-12(11,4-2)10-7-5-9-6-8-10/h9H,3-8H2,1-2H3. The van der Waals surface area contributed by atoms with E-state index in [4.69, 9.17) is 0 Å². The lowest BCUT2D eigenvalue weighted by molar-refractivity contribution is 0.358. The maximum absolute atomic E-state index is 12.2. The minimum absolute atomic E-state index is 0.823. The van der Waals surface area contributed by atoms with Crippen molar-refractivity contribution in [1.82, 2.24) is 9.99 Å². The Morgan fingerprint density at radius 2 is 1.75 bits per heavy atom. The van der Waals surface area contributed by atoms with Crippen molar-refractivity contribution in [3.63, 3.8) is 0 Å². The molecule has 0 radical (unpaired) electrons. The predicted octanol–water partition coefficient (Wildman–Crippen LogP) is 1.21. The summed E-state index contributed by atoms with van der Waals surface area (Å²) in [6, 6.07) is 0. The fraction of sp³-hybridized carbons (Fsp3) is 1.00. The third kappa shape index (κ3) is 2.09. The third-order valence-electron chi connectivity index (χ3n) is 2.60. The van der Waals surface area contributed by atoms with Gasteiger partial charge in [-0.15, -0.1) is 0 Å². The van der Waals surface area contributed by atoms with Gasteiger partial charge in [0.15, 0.2) is 0 Å². The normalized spacial score (nSPS) is 21.2. The van der Waals surface area contributed by atoms with E-state index in [2.05, 4.69) is 9.99 Å². The highest BCUT2D eigenvalue weighted by atomic mass is 31.2. The van der Waals surface area contributed by atoms with Crippen LogP contribution in [-0.4, -0.2) is 43.2 Å². The highest BCUT2D eigenvalue weighted by molar-refractivity contribution is 7.61. The quantitative estimate of drug-likeness (QED) is 0.679. The lowest BCUT2D eigenvalue weighted by Crippen LogP contribution is -2.42. The van der Waals surface area contributed by atoms with Crippen LogP contribution in [-0.2, 0) is 4.57 Å². The van der Waals surface area contributed by atoms with Crippen molar-refractivity contribution in [2.24, 2.45) is 0 Å². The molecule has 0 bridgehead atoms. The van der Waals surface area contributed by atoms with Gasteiger partial charge in [0, 0.05) is 38.5 Å². The molecule has 1 aliphatic heterocycles. The molecule has 1 rings (SSSR count). The smallest absolute Gasteiger partial charge is 0.149 e. The summed E-state index contributed by atoms with van der Waals surface area (Å²) in [5, 5.41) is 3.27. The fourth-order valence-corrected chi connectivity index (χ4v) is 3.82. The summed E-state index contributed by atoms with van der Waals surface area (Å²) in [4.78, 5) is 0. The molecule has 1 N–H and O–H groups in total. The zero-order valence-electron chi connectivity index (χ0n) is 8.05. The molecule has 3 nitrogen and oxygen atoms in total. The van der Waals surface area contributed by atoms with E-state index in [1.54, 1.807) is 0 Å². The maximum atomic E-state index is 12.2. The average Bonchev–Trinajstić information content (AvgIpc) is 2.18. The van der Waals surface area contributed by atoms with Gasteiger partial charge >= 0.3 is 0 Å². The number of hydrogen-bond donors (Lipinski definition) is 1. The van der Waals surface area contributed by atoms with E-state index in [9.17, 15) is 4.57 Å². The fourth-order valence-electron chi connectivity index (χ4n) is 1.64. The highest BCUT2D eigenvalue weighted by Gasteiger charge is 2.27. The Bertz CT molecular complexity index is 170. The van der Waals surface area contributed by atoms with Crippen LogP contribution in [0, 0.1) is 0 Å². The first-order valence-electron chi connectivity index (χ1n) is 4.77. The van der Waals surface area contributed by atoms with Crippen LogP contribution in [0.3, 0.4) is 0 Å². The van der Waals surface area contributed by atoms with Gasteiger partial charge in [-0.1, -0.05) is 13.8 Å². The van der Waals surface area contributed by atoms with Gasteiger partial charge in [-0.05, 0) is 0 Å². The van der Waals surface area contributed by atoms with Gasteiger partial charge in [-0.3, -0.25) is 4.67 Å². The van der Waals surface area contributed by atoms with Crippen LogP contribution in [0.2, 0.25) is 0 Å². The topological polar surface area (TPSA) is 32.3 Å². The van der Waals surface area contributed by atoms with Crippen molar-refractivity contribution in [2.45, 2.75) is 13.8 Å². The largest absolute Gasteiger partial charge is 0.314 e. The predicted molar refractivity (Wildman–Crippen MR) is 53.1 cm³/mol. The molecule has 4 heteroatoms. The van der Waals surface area contributed by atoms with Crippen molar-refractivity contribution < 1.29 is 4.57 Å². The van der Waals surface area contributed by atoms with Crippen molar-refractivity contribution in [3.05, 3.63) is 0 Å². The molecule has 0 aromatic rings. The molecule has 12 heavy (non-hydrogen) atoms. The Morgan fingerprint density at radius 3 is 2.17 bits per heavy atom. The first-order valence-corrected chi connectivity index (χ1v) is 6.80. The van der Waals surface area contributed by atoms with Crippen molar-refractivity contribution in [2.75, 3.05) is 38.5 Å². The number of hydrogen-bond acceptors (Lipinski definition) is 2. The van der Waals surface area contributed by atoms with E-state index >= 15 is 0 Å². The first kappa shape index (κ1) is 10.2. The number of rotatable bonds is 3. The number of nitrogens with zero attached hydrogens (tertiary/aromatic N) is 1. The zero-order valence-corrected chi connectivity index (χ0v) is 8.94. The summed E-state index contributed by atoms with van der Waals surface area (Å²) in [7, 11) is -1.96. The molecule has 1 heterocycles. The van der Waals surface area contributed by atoms with Crippen LogP contribution in [0.15, 0.2) is 0 Å². The Hall–Kier alpha value is 0.150. The summed E-state index contributed by atoms with van der Waals surface area (Å²) < 4.78 is 14.4. The molecule has 1 saturated heterocycles. The summed E-state index contributed by atoms with van der Waals surface area (Å²) in [6.07, 6.45) is 1.65. The molecule has 0 unspecified atom stereocenters. The lowest BCUT2D eigenvalue weighted by atomic mass is 10.4. The van der Waals surface area contributed by atoms with Gasteiger partial charge in [-0.2, -0.15) is 0 Å². The van der Waals surface area contributed by atoms with Gasteiger partial charge in [0.1, 0.15) is 7.29 Å². The van der Waals surface area contributed by atoms with E-state index in [-0.39, 0.29) is 0 Å². The van der Waals surface area contributed by atoms with Gasteiger partial charge in [-0.25, -0.2) is 0 Å². The maximum Gasteiger partial charge on any atom is 0.149 e. The zero-order chi connectivity index (χ0) is 9.03. The highest BCUT2D eigenvalue weighted by Crippen LogP contribution is 2.48. The second-order valence-corrected chi connectivity index (χ2v) is 6.71. The van der Waals surface area contributed by atoms with E-state index in [1.165, 1.54) is 0 Å². The van der Waals surface area contributed by atoms with Gasteiger partial charge in [0.2, 0.25) is 0 Å². The molecule has 1 fully saturated rings. The Morgan fingerprint density at radius 1 is 1.25 bits per heavy atom. The van der Waals surface area contributed by atoms with Gasteiger partial charge in [0.25, 0.3) is 0 Å². The van der Waals surface area contributed by atoms with Crippen LogP contribution in [0.25, 0.3) is 0 Å². The van der Waals surface area contributed by atoms with Crippen LogP contribution in [0.5, 0.6) is 0 Å².